The minimum atomic E-state index is -0.435. The van der Waals surface area contributed by atoms with Crippen molar-refractivity contribution in [3.05, 3.63) is 45.5 Å². The van der Waals surface area contributed by atoms with Gasteiger partial charge in [0.2, 0.25) is 5.91 Å². The number of fused-ring (bicyclic) bond motifs is 2. The van der Waals surface area contributed by atoms with Gasteiger partial charge in [-0.2, -0.15) is 0 Å². The second kappa shape index (κ2) is 6.72. The minimum Gasteiger partial charge on any atom is -0.464 e. The summed E-state index contributed by atoms with van der Waals surface area (Å²) in [6.07, 6.45) is 2.12. The second-order valence-corrected chi connectivity index (χ2v) is 6.41. The van der Waals surface area contributed by atoms with E-state index in [1.54, 1.807) is 19.3 Å². The van der Waals surface area contributed by atoms with Crippen molar-refractivity contribution in [1.29, 1.82) is 0 Å². The third-order valence-electron chi connectivity index (χ3n) is 4.46. The van der Waals surface area contributed by atoms with Crippen LogP contribution in [-0.4, -0.2) is 23.7 Å². The van der Waals surface area contributed by atoms with Gasteiger partial charge in [-0.1, -0.05) is 0 Å². The molecule has 0 aliphatic carbocycles. The lowest BCUT2D eigenvalue weighted by atomic mass is 10.0. The second-order valence-electron chi connectivity index (χ2n) is 6.41. The number of nitrogens with one attached hydrogen (secondary N) is 1. The van der Waals surface area contributed by atoms with Gasteiger partial charge in [0.15, 0.2) is 0 Å². The summed E-state index contributed by atoms with van der Waals surface area (Å²) in [7, 11) is 0. The smallest absolute Gasteiger partial charge is 0.339 e. The highest BCUT2D eigenvalue weighted by atomic mass is 16.4. The Hall–Kier alpha value is -2.60. The molecule has 1 unspecified atom stereocenters. The number of amides is 1. The zero-order valence-electron chi connectivity index (χ0n) is 14.5. The number of aliphatic hydroxyl groups is 1. The molecule has 0 saturated heterocycles. The largest absolute Gasteiger partial charge is 0.464 e. The third kappa shape index (κ3) is 3.30. The lowest BCUT2D eigenvalue weighted by Gasteiger charge is -2.11. The number of benzene rings is 1. The van der Waals surface area contributed by atoms with Crippen molar-refractivity contribution in [2.24, 2.45) is 0 Å². The molecule has 0 saturated carbocycles. The van der Waals surface area contributed by atoms with E-state index in [1.807, 2.05) is 19.9 Å². The predicted octanol–water partition coefficient (Wildman–Crippen LogP) is 2.59. The van der Waals surface area contributed by atoms with Gasteiger partial charge in [-0.05, 0) is 44.4 Å². The Bertz CT molecular complexity index is 998. The van der Waals surface area contributed by atoms with Crippen LogP contribution in [0.25, 0.3) is 21.9 Å². The fraction of sp³-hybridized carbons (Fsp3) is 0.368. The SMILES string of the molecule is Cc1coc2cc3oc(=O)c(CCC(=O)NC(C)CO)c(C)c3cc12. The van der Waals surface area contributed by atoms with Gasteiger partial charge in [-0.25, -0.2) is 4.79 Å². The number of rotatable bonds is 5. The van der Waals surface area contributed by atoms with Gasteiger partial charge in [-0.3, -0.25) is 4.79 Å². The Labute approximate surface area is 144 Å². The van der Waals surface area contributed by atoms with Gasteiger partial charge in [-0.15, -0.1) is 0 Å². The molecule has 0 fully saturated rings. The molecular formula is C19H21NO5. The summed E-state index contributed by atoms with van der Waals surface area (Å²) in [5.41, 5.74) is 3.05. The quantitative estimate of drug-likeness (QED) is 0.695. The maximum atomic E-state index is 12.3. The van der Waals surface area contributed by atoms with Crippen molar-refractivity contribution in [3.8, 4) is 0 Å². The van der Waals surface area contributed by atoms with E-state index in [0.29, 0.717) is 16.7 Å². The molecule has 2 heterocycles. The van der Waals surface area contributed by atoms with Crippen LogP contribution in [0.3, 0.4) is 0 Å². The topological polar surface area (TPSA) is 92.7 Å². The first-order chi connectivity index (χ1) is 11.9. The predicted molar refractivity (Wildman–Crippen MR) is 94.7 cm³/mol. The monoisotopic (exact) mass is 343 g/mol. The van der Waals surface area contributed by atoms with Crippen LogP contribution in [0.2, 0.25) is 0 Å². The van der Waals surface area contributed by atoms with Gasteiger partial charge in [0.05, 0.1) is 12.9 Å². The number of aliphatic hydroxyl groups excluding tert-OH is 1. The van der Waals surface area contributed by atoms with E-state index in [2.05, 4.69) is 5.32 Å². The standard InChI is InChI=1S/C19H21NO5/c1-10-9-24-16-7-17-15(6-14(10)16)12(3)13(19(23)25-17)4-5-18(22)20-11(2)8-21/h6-7,9,11,21H,4-5,8H2,1-3H3,(H,20,22). The van der Waals surface area contributed by atoms with Crippen molar-refractivity contribution < 1.29 is 18.7 Å². The van der Waals surface area contributed by atoms with Crippen molar-refractivity contribution in [1.82, 2.24) is 5.32 Å². The molecule has 0 radical (unpaired) electrons. The maximum Gasteiger partial charge on any atom is 0.339 e. The van der Waals surface area contributed by atoms with Crippen LogP contribution in [0.4, 0.5) is 0 Å². The highest BCUT2D eigenvalue weighted by molar-refractivity contribution is 5.96. The summed E-state index contributed by atoms with van der Waals surface area (Å²) in [6, 6.07) is 3.38. The number of hydrogen-bond acceptors (Lipinski definition) is 5. The Kier molecular flexibility index (Phi) is 4.63. The van der Waals surface area contributed by atoms with E-state index < -0.39 is 5.63 Å². The van der Waals surface area contributed by atoms with Gasteiger partial charge in [0.1, 0.15) is 11.2 Å². The lowest BCUT2D eigenvalue weighted by Crippen LogP contribution is -2.35. The van der Waals surface area contributed by atoms with E-state index in [0.717, 1.165) is 21.9 Å². The molecule has 3 rings (SSSR count). The van der Waals surface area contributed by atoms with E-state index in [9.17, 15) is 9.59 Å². The molecule has 0 aliphatic heterocycles. The molecule has 25 heavy (non-hydrogen) atoms. The normalized spacial score (nSPS) is 12.6. The van der Waals surface area contributed by atoms with Crippen LogP contribution < -0.4 is 10.9 Å². The van der Waals surface area contributed by atoms with Crippen molar-refractivity contribution in [2.75, 3.05) is 6.61 Å². The van der Waals surface area contributed by atoms with Crippen LogP contribution in [0.1, 0.15) is 30.0 Å². The van der Waals surface area contributed by atoms with E-state index in [4.69, 9.17) is 13.9 Å². The summed E-state index contributed by atoms with van der Waals surface area (Å²) in [6.45, 7) is 5.42. The first-order valence-electron chi connectivity index (χ1n) is 8.25. The Morgan fingerprint density at radius 1 is 1.24 bits per heavy atom. The number of carbonyl (C=O) groups is 1. The Balaban J connectivity index is 1.95. The van der Waals surface area contributed by atoms with Crippen LogP contribution >= 0.6 is 0 Å². The molecule has 2 N–H and O–H groups in total. The fourth-order valence-corrected chi connectivity index (χ4v) is 2.96. The molecule has 0 spiro atoms. The molecule has 6 nitrogen and oxygen atoms in total. The summed E-state index contributed by atoms with van der Waals surface area (Å²) in [5.74, 6) is -0.207. The number of carbonyl (C=O) groups excluding carboxylic acids is 1. The molecule has 3 aromatic rings. The van der Waals surface area contributed by atoms with Gasteiger partial charge in [0, 0.05) is 34.9 Å². The third-order valence-corrected chi connectivity index (χ3v) is 4.46. The highest BCUT2D eigenvalue weighted by Crippen LogP contribution is 2.28. The lowest BCUT2D eigenvalue weighted by molar-refractivity contribution is -0.121. The highest BCUT2D eigenvalue weighted by Gasteiger charge is 2.15. The fourth-order valence-electron chi connectivity index (χ4n) is 2.96. The van der Waals surface area contributed by atoms with Crippen LogP contribution in [0, 0.1) is 13.8 Å². The van der Waals surface area contributed by atoms with Gasteiger partial charge in [0.25, 0.3) is 0 Å². The molecular weight excluding hydrogens is 322 g/mol. The number of aryl methyl sites for hydroxylation is 2. The zero-order valence-corrected chi connectivity index (χ0v) is 14.5. The molecule has 1 atom stereocenters. The molecule has 0 bridgehead atoms. The first-order valence-corrected chi connectivity index (χ1v) is 8.25. The molecule has 132 valence electrons. The molecule has 6 heteroatoms. The Morgan fingerprint density at radius 3 is 2.72 bits per heavy atom. The van der Waals surface area contributed by atoms with Crippen molar-refractivity contribution >= 4 is 27.8 Å². The first kappa shape index (κ1) is 17.2. The molecule has 2 aromatic heterocycles. The van der Waals surface area contributed by atoms with Crippen LogP contribution in [0.5, 0.6) is 0 Å². The van der Waals surface area contributed by atoms with Crippen LogP contribution in [0.15, 0.2) is 32.0 Å². The summed E-state index contributed by atoms with van der Waals surface area (Å²) < 4.78 is 10.9. The number of furan rings is 1. The number of hydrogen-bond donors (Lipinski definition) is 2. The van der Waals surface area contributed by atoms with Gasteiger partial charge < -0.3 is 19.3 Å². The van der Waals surface area contributed by atoms with Crippen LogP contribution in [-0.2, 0) is 11.2 Å². The van der Waals surface area contributed by atoms with Gasteiger partial charge >= 0.3 is 5.63 Å². The summed E-state index contributed by atoms with van der Waals surface area (Å²) in [4.78, 5) is 24.2. The van der Waals surface area contributed by atoms with E-state index >= 15 is 0 Å². The average Bonchev–Trinajstić information content (AvgIpc) is 2.93. The average molecular weight is 343 g/mol. The van der Waals surface area contributed by atoms with Crippen molar-refractivity contribution in [2.45, 2.75) is 39.7 Å². The summed E-state index contributed by atoms with van der Waals surface area (Å²) >= 11 is 0. The zero-order chi connectivity index (χ0) is 18.1. The molecule has 0 aliphatic rings. The van der Waals surface area contributed by atoms with E-state index in [-0.39, 0.29) is 31.4 Å². The summed E-state index contributed by atoms with van der Waals surface area (Å²) in [5, 5.41) is 13.5. The molecule has 1 amide bonds. The van der Waals surface area contributed by atoms with E-state index in [1.165, 1.54) is 0 Å². The molecule has 1 aromatic carbocycles. The van der Waals surface area contributed by atoms with Crippen molar-refractivity contribution in [3.63, 3.8) is 0 Å². The Morgan fingerprint density at radius 2 is 2.00 bits per heavy atom. The minimum absolute atomic E-state index is 0.122. The maximum absolute atomic E-state index is 12.3.